The smallest absolute Gasteiger partial charge is 0.0449 e. The number of rotatable bonds is 3. The van der Waals surface area contributed by atoms with E-state index in [0.717, 1.165) is 23.7 Å². The summed E-state index contributed by atoms with van der Waals surface area (Å²) in [5.74, 6) is 3.97. The summed E-state index contributed by atoms with van der Waals surface area (Å²) in [6, 6.07) is 25.9. The zero-order valence-corrected chi connectivity index (χ0v) is 19.8. The van der Waals surface area contributed by atoms with Gasteiger partial charge in [0.25, 0.3) is 0 Å². The van der Waals surface area contributed by atoms with Crippen molar-refractivity contribution in [2.24, 2.45) is 11.8 Å². The standard InChI is InChI=1S/C32H35N/c1-33(26-11-6-10-23(20-26)22-8-2-3-9-22)31-15-7-14-29-28-13-5-4-12-27(28)24-16-21-17-25(19-24)30(18-21)32(29)31/h4-7,10-15,20-22,24-25,30H,2-3,8-9,16-19H2,1H3. The first-order valence-electron chi connectivity index (χ1n) is 13.3. The Morgan fingerprint density at radius 3 is 2.45 bits per heavy atom. The van der Waals surface area contributed by atoms with Crippen molar-refractivity contribution in [1.29, 1.82) is 0 Å². The van der Waals surface area contributed by atoms with Crippen molar-refractivity contribution < 1.29 is 0 Å². The van der Waals surface area contributed by atoms with Gasteiger partial charge in [-0.25, -0.2) is 0 Å². The average Bonchev–Trinajstić information content (AvgIpc) is 3.51. The minimum Gasteiger partial charge on any atom is -0.344 e. The van der Waals surface area contributed by atoms with Crippen molar-refractivity contribution in [3.05, 3.63) is 83.4 Å². The average molecular weight is 434 g/mol. The van der Waals surface area contributed by atoms with E-state index in [9.17, 15) is 0 Å². The molecule has 1 nitrogen and oxygen atoms in total. The maximum Gasteiger partial charge on any atom is 0.0449 e. The number of anilines is 2. The van der Waals surface area contributed by atoms with Gasteiger partial charge in [-0.15, -0.1) is 0 Å². The molecule has 7 rings (SSSR count). The van der Waals surface area contributed by atoms with E-state index in [1.807, 2.05) is 0 Å². The van der Waals surface area contributed by atoms with E-state index in [1.54, 1.807) is 16.7 Å². The molecule has 3 aromatic rings. The Labute approximate surface area is 198 Å². The third kappa shape index (κ3) is 3.19. The molecule has 33 heavy (non-hydrogen) atoms. The summed E-state index contributed by atoms with van der Waals surface area (Å²) in [5, 5.41) is 0. The van der Waals surface area contributed by atoms with Crippen molar-refractivity contribution in [2.75, 3.05) is 11.9 Å². The van der Waals surface area contributed by atoms with E-state index in [2.05, 4.69) is 78.7 Å². The molecule has 0 aliphatic heterocycles. The lowest BCUT2D eigenvalue weighted by Crippen LogP contribution is -2.21. The van der Waals surface area contributed by atoms with E-state index in [-0.39, 0.29) is 0 Å². The van der Waals surface area contributed by atoms with Crippen LogP contribution in [0.1, 0.15) is 85.8 Å². The molecule has 0 spiro atoms. The Balaban J connectivity index is 1.38. The van der Waals surface area contributed by atoms with E-state index >= 15 is 0 Å². The van der Waals surface area contributed by atoms with Crippen LogP contribution in [-0.2, 0) is 0 Å². The van der Waals surface area contributed by atoms with Gasteiger partial charge >= 0.3 is 0 Å². The van der Waals surface area contributed by atoms with Crippen molar-refractivity contribution in [1.82, 2.24) is 0 Å². The van der Waals surface area contributed by atoms with Gasteiger partial charge in [0.1, 0.15) is 0 Å². The van der Waals surface area contributed by atoms with Gasteiger partial charge in [0.15, 0.2) is 0 Å². The summed E-state index contributed by atoms with van der Waals surface area (Å²) in [6.07, 6.45) is 11.1. The van der Waals surface area contributed by atoms with Gasteiger partial charge in [0.05, 0.1) is 0 Å². The highest BCUT2D eigenvalue weighted by Gasteiger charge is 2.45. The first kappa shape index (κ1) is 19.9. The Hall–Kier alpha value is -2.54. The maximum absolute atomic E-state index is 2.50. The minimum atomic E-state index is 0.708. The molecule has 1 heteroatoms. The molecule has 3 saturated carbocycles. The molecule has 168 valence electrons. The van der Waals surface area contributed by atoms with Crippen molar-refractivity contribution in [3.8, 4) is 11.1 Å². The number of fused-ring (bicyclic) bond motifs is 7. The molecular weight excluding hydrogens is 398 g/mol. The molecule has 4 aliphatic rings. The summed E-state index contributed by atoms with van der Waals surface area (Å²) in [6.45, 7) is 0. The molecule has 3 fully saturated rings. The van der Waals surface area contributed by atoms with Crippen LogP contribution < -0.4 is 4.90 Å². The normalized spacial score (nSPS) is 27.7. The summed E-state index contributed by atoms with van der Waals surface area (Å²) in [7, 11) is 2.30. The molecular formula is C32H35N. The molecule has 0 radical (unpaired) electrons. The largest absolute Gasteiger partial charge is 0.344 e. The quantitative estimate of drug-likeness (QED) is 0.399. The third-order valence-electron chi connectivity index (χ3n) is 9.59. The van der Waals surface area contributed by atoms with Crippen molar-refractivity contribution >= 4 is 11.4 Å². The Morgan fingerprint density at radius 2 is 1.55 bits per heavy atom. The molecule has 4 atom stereocenters. The lowest BCUT2D eigenvalue weighted by molar-refractivity contribution is 0.312. The second-order valence-corrected chi connectivity index (χ2v) is 11.3. The minimum absolute atomic E-state index is 0.708. The van der Waals surface area contributed by atoms with Crippen molar-refractivity contribution in [2.45, 2.75) is 69.1 Å². The Morgan fingerprint density at radius 1 is 0.727 bits per heavy atom. The van der Waals surface area contributed by atoms with Crippen LogP contribution in [-0.4, -0.2) is 7.05 Å². The fourth-order valence-corrected chi connectivity index (χ4v) is 8.12. The maximum atomic E-state index is 2.50. The summed E-state index contributed by atoms with van der Waals surface area (Å²) >= 11 is 0. The van der Waals surface area contributed by atoms with Crippen LogP contribution in [0.5, 0.6) is 0 Å². The van der Waals surface area contributed by atoms with Gasteiger partial charge < -0.3 is 4.90 Å². The van der Waals surface area contributed by atoms with Crippen LogP contribution in [0.3, 0.4) is 0 Å². The lowest BCUT2D eigenvalue weighted by Gasteiger charge is -2.36. The molecule has 0 saturated heterocycles. The van der Waals surface area contributed by atoms with Crippen LogP contribution in [0.2, 0.25) is 0 Å². The molecule has 0 aromatic heterocycles. The van der Waals surface area contributed by atoms with Crippen LogP contribution in [0.4, 0.5) is 11.4 Å². The second kappa shape index (κ2) is 7.76. The van der Waals surface area contributed by atoms with E-state index in [0.29, 0.717) is 5.92 Å². The lowest BCUT2D eigenvalue weighted by atomic mass is 9.71. The van der Waals surface area contributed by atoms with Gasteiger partial charge in [-0.1, -0.05) is 61.4 Å². The predicted molar refractivity (Wildman–Crippen MR) is 139 cm³/mol. The highest BCUT2D eigenvalue weighted by Crippen LogP contribution is 2.60. The molecule has 0 N–H and O–H groups in total. The van der Waals surface area contributed by atoms with E-state index in [1.165, 1.54) is 73.9 Å². The highest BCUT2D eigenvalue weighted by molar-refractivity contribution is 5.81. The van der Waals surface area contributed by atoms with Crippen LogP contribution in [0.25, 0.3) is 11.1 Å². The fourth-order valence-electron chi connectivity index (χ4n) is 8.12. The van der Waals surface area contributed by atoms with Gasteiger partial charge in [0.2, 0.25) is 0 Å². The number of benzene rings is 3. The first-order chi connectivity index (χ1) is 16.3. The molecule has 4 aliphatic carbocycles. The van der Waals surface area contributed by atoms with E-state index < -0.39 is 0 Å². The molecule has 0 heterocycles. The Bertz CT molecular complexity index is 1190. The summed E-state index contributed by atoms with van der Waals surface area (Å²) in [5.41, 5.74) is 10.6. The van der Waals surface area contributed by atoms with Gasteiger partial charge in [-0.05, 0) is 114 Å². The molecule has 4 unspecified atom stereocenters. The Kier molecular flexibility index (Phi) is 4.68. The van der Waals surface area contributed by atoms with Gasteiger partial charge in [-0.2, -0.15) is 0 Å². The molecule has 0 amide bonds. The highest BCUT2D eigenvalue weighted by atomic mass is 15.1. The van der Waals surface area contributed by atoms with Crippen LogP contribution in [0.15, 0.2) is 66.7 Å². The van der Waals surface area contributed by atoms with Crippen LogP contribution in [0, 0.1) is 11.8 Å². The molecule has 3 aromatic carbocycles. The van der Waals surface area contributed by atoms with Crippen molar-refractivity contribution in [3.63, 3.8) is 0 Å². The van der Waals surface area contributed by atoms with Crippen LogP contribution >= 0.6 is 0 Å². The zero-order chi connectivity index (χ0) is 21.9. The monoisotopic (exact) mass is 433 g/mol. The number of hydrogen-bond acceptors (Lipinski definition) is 1. The first-order valence-corrected chi connectivity index (χ1v) is 13.3. The second-order valence-electron chi connectivity index (χ2n) is 11.3. The third-order valence-corrected chi connectivity index (χ3v) is 9.59. The van der Waals surface area contributed by atoms with Gasteiger partial charge in [-0.3, -0.25) is 0 Å². The predicted octanol–water partition coefficient (Wildman–Crippen LogP) is 8.78. The number of nitrogens with zero attached hydrogens (tertiary/aromatic N) is 1. The summed E-state index contributed by atoms with van der Waals surface area (Å²) < 4.78 is 0. The fraction of sp³-hybridized carbons (Fsp3) is 0.438. The summed E-state index contributed by atoms with van der Waals surface area (Å²) in [4.78, 5) is 2.50. The topological polar surface area (TPSA) is 3.24 Å². The zero-order valence-electron chi connectivity index (χ0n) is 19.8. The molecule has 3 bridgehead atoms. The SMILES string of the molecule is CN(c1cccc(C2CCCC2)c1)c1cccc2c1C1CC3CC(CC1C3)c1ccccc1-2. The van der Waals surface area contributed by atoms with E-state index in [4.69, 9.17) is 0 Å². The number of hydrogen-bond donors (Lipinski definition) is 0. The van der Waals surface area contributed by atoms with Gasteiger partial charge in [0, 0.05) is 18.4 Å².